The molecule has 0 aromatic carbocycles. The van der Waals surface area contributed by atoms with Gasteiger partial charge in [0.05, 0.1) is 6.17 Å². The quantitative estimate of drug-likeness (QED) is 0.323. The molecule has 58 valence electrons. The average molecular weight is 276 g/mol. The molecule has 0 saturated heterocycles. The average Bonchev–Trinajstić information content (AvgIpc) is 1.58. The summed E-state index contributed by atoms with van der Waals surface area (Å²) in [4.78, 5) is 0. The first-order valence-electron chi connectivity index (χ1n) is 2.47. The summed E-state index contributed by atoms with van der Waals surface area (Å²) < 4.78 is 0.623. The van der Waals surface area contributed by atoms with Crippen LogP contribution in [-0.4, -0.2) is 14.8 Å². The normalized spacial score (nSPS) is 8.18. The summed E-state index contributed by atoms with van der Waals surface area (Å²) in [7, 11) is 0. The van der Waals surface area contributed by atoms with Crippen molar-refractivity contribution in [1.29, 1.82) is 0 Å². The standard InChI is InChI=1S/C4H8N2S4.Zn/c1-2(5-3(7)8)6-4(9)10;/h2H,1H3,(H2,5,7,8)(H2,6,9,10);/q;+2/p-2. The second kappa shape index (κ2) is 7.49. The topological polar surface area (TPSA) is 24.1 Å². The van der Waals surface area contributed by atoms with Gasteiger partial charge in [0.25, 0.3) is 0 Å². The zero-order valence-corrected chi connectivity index (χ0v) is 12.2. The van der Waals surface area contributed by atoms with Crippen LogP contribution >= 0.6 is 24.4 Å². The molecule has 0 aliphatic rings. The summed E-state index contributed by atoms with van der Waals surface area (Å²) in [6.07, 6.45) is -0.0741. The van der Waals surface area contributed by atoms with Gasteiger partial charge in [-0.25, -0.2) is 0 Å². The van der Waals surface area contributed by atoms with Gasteiger partial charge in [0.1, 0.15) is 0 Å². The Morgan fingerprint density at radius 1 is 1.18 bits per heavy atom. The van der Waals surface area contributed by atoms with Gasteiger partial charge in [-0.15, -0.1) is 0 Å². The van der Waals surface area contributed by atoms with Gasteiger partial charge in [-0.3, -0.25) is 0 Å². The van der Waals surface area contributed by atoms with E-state index in [2.05, 4.69) is 60.3 Å². The van der Waals surface area contributed by atoms with Crippen molar-refractivity contribution in [1.82, 2.24) is 10.6 Å². The monoisotopic (exact) mass is 274 g/mol. The van der Waals surface area contributed by atoms with Gasteiger partial charge in [-0.1, -0.05) is 8.64 Å². The summed E-state index contributed by atoms with van der Waals surface area (Å²) in [5.74, 6) is 0. The second-order valence-corrected chi connectivity index (χ2v) is 3.74. The molecule has 2 nitrogen and oxygen atoms in total. The molecule has 2 N–H and O–H groups in total. The Balaban J connectivity index is 0. The fraction of sp³-hybridized carbons (Fsp3) is 0.500. The maximum absolute atomic E-state index is 4.61. The van der Waals surface area contributed by atoms with Crippen molar-refractivity contribution in [3.63, 3.8) is 0 Å². The third kappa shape index (κ3) is 10.8. The van der Waals surface area contributed by atoms with E-state index < -0.39 is 0 Å². The Hall–Kier alpha value is 0.843. The first kappa shape index (κ1) is 14.4. The van der Waals surface area contributed by atoms with Gasteiger partial charge >= 0.3 is 19.5 Å². The van der Waals surface area contributed by atoms with Gasteiger partial charge < -0.3 is 60.3 Å². The molecule has 0 radical (unpaired) electrons. The van der Waals surface area contributed by atoms with E-state index in [1.54, 1.807) is 0 Å². The summed E-state index contributed by atoms with van der Waals surface area (Å²) in [6.45, 7) is 1.83. The minimum absolute atomic E-state index is 0. The predicted molar refractivity (Wildman–Crippen MR) is 55.7 cm³/mol. The fourth-order valence-electron chi connectivity index (χ4n) is 0.390. The van der Waals surface area contributed by atoms with E-state index in [1.165, 1.54) is 0 Å². The minimum atomic E-state index is -0.0741. The third-order valence-electron chi connectivity index (χ3n) is 0.669. The minimum Gasteiger partial charge on any atom is -0.412 e. The van der Waals surface area contributed by atoms with Crippen LogP contribution in [0.2, 0.25) is 0 Å². The maximum Gasteiger partial charge on any atom is 2.00 e. The van der Waals surface area contributed by atoms with Gasteiger partial charge in [-0.05, 0) is 6.92 Å². The number of rotatable bonds is 2. The SMILES string of the molecule is CC(NC(=S)[S-])NC(=S)[S-].[Zn+2]. The molecular formula is C4H6N2S4Zn. The molecule has 0 spiro atoms. The van der Waals surface area contributed by atoms with Crippen LogP contribution in [0.1, 0.15) is 6.92 Å². The van der Waals surface area contributed by atoms with Crippen LogP contribution in [0.4, 0.5) is 0 Å². The van der Waals surface area contributed by atoms with E-state index in [0.29, 0.717) is 8.64 Å². The zero-order chi connectivity index (χ0) is 8.15. The molecule has 0 bridgehead atoms. The molecule has 0 aliphatic heterocycles. The van der Waals surface area contributed by atoms with Crippen LogP contribution in [0.15, 0.2) is 0 Å². The maximum atomic E-state index is 4.61. The molecule has 0 aromatic rings. The van der Waals surface area contributed by atoms with E-state index in [-0.39, 0.29) is 25.6 Å². The number of hydrogen-bond donors (Lipinski definition) is 2. The number of hydrogen-bond acceptors (Lipinski definition) is 4. The Kier molecular flexibility index (Phi) is 9.79. The molecule has 11 heavy (non-hydrogen) atoms. The molecule has 0 atom stereocenters. The molecule has 0 aromatic heterocycles. The number of thiocarbonyl (C=S) groups is 2. The molecule has 0 saturated carbocycles. The summed E-state index contributed by atoms with van der Waals surface area (Å²) >= 11 is 18.4. The molecule has 0 fully saturated rings. The van der Waals surface area contributed by atoms with E-state index in [0.717, 1.165) is 0 Å². The van der Waals surface area contributed by atoms with Crippen LogP contribution in [0.3, 0.4) is 0 Å². The first-order chi connectivity index (χ1) is 4.52. The summed E-state index contributed by atoms with van der Waals surface area (Å²) in [5.41, 5.74) is 0. The molecule has 7 heteroatoms. The Morgan fingerprint density at radius 2 is 1.45 bits per heavy atom. The van der Waals surface area contributed by atoms with Crippen LogP contribution in [0, 0.1) is 0 Å². The van der Waals surface area contributed by atoms with Crippen molar-refractivity contribution < 1.29 is 19.5 Å². The van der Waals surface area contributed by atoms with Crippen molar-refractivity contribution in [2.75, 3.05) is 0 Å². The summed E-state index contributed by atoms with van der Waals surface area (Å²) in [5, 5.41) is 5.51. The van der Waals surface area contributed by atoms with Crippen molar-refractivity contribution in [2.45, 2.75) is 13.1 Å². The fourth-order valence-corrected chi connectivity index (χ4v) is 1.10. The van der Waals surface area contributed by atoms with Gasteiger partial charge in [-0.2, -0.15) is 0 Å². The van der Waals surface area contributed by atoms with E-state index >= 15 is 0 Å². The first-order valence-corrected chi connectivity index (χ1v) is 4.10. The Morgan fingerprint density at radius 3 is 1.64 bits per heavy atom. The van der Waals surface area contributed by atoms with Crippen LogP contribution < -0.4 is 10.6 Å². The Bertz CT molecular complexity index is 135. The van der Waals surface area contributed by atoms with Crippen LogP contribution in [-0.2, 0) is 44.7 Å². The van der Waals surface area contributed by atoms with Crippen LogP contribution in [0.25, 0.3) is 0 Å². The largest absolute Gasteiger partial charge is 2.00 e. The van der Waals surface area contributed by atoms with Crippen molar-refractivity contribution in [3.05, 3.63) is 0 Å². The van der Waals surface area contributed by atoms with Crippen LogP contribution in [0.5, 0.6) is 0 Å². The molecule has 0 heterocycles. The Labute approximate surface area is 101 Å². The third-order valence-corrected chi connectivity index (χ3v) is 1.14. The summed E-state index contributed by atoms with van der Waals surface area (Å²) in [6, 6.07) is 0. The predicted octanol–water partition coefficient (Wildman–Crippen LogP) is 0.173. The molecular weight excluding hydrogens is 270 g/mol. The van der Waals surface area contributed by atoms with Crippen molar-refractivity contribution in [3.8, 4) is 0 Å². The molecule has 0 unspecified atom stereocenters. The molecule has 0 amide bonds. The smallest absolute Gasteiger partial charge is 0.412 e. The van der Waals surface area contributed by atoms with Gasteiger partial charge in [0.2, 0.25) is 0 Å². The molecule has 0 rings (SSSR count). The van der Waals surface area contributed by atoms with E-state index in [9.17, 15) is 0 Å². The zero-order valence-electron chi connectivity index (χ0n) is 5.92. The van der Waals surface area contributed by atoms with Crippen molar-refractivity contribution >= 4 is 58.3 Å². The van der Waals surface area contributed by atoms with Crippen molar-refractivity contribution in [2.24, 2.45) is 0 Å². The van der Waals surface area contributed by atoms with E-state index in [1.807, 2.05) is 6.92 Å². The molecule has 0 aliphatic carbocycles. The number of nitrogens with one attached hydrogen (secondary N) is 2. The van der Waals surface area contributed by atoms with E-state index in [4.69, 9.17) is 0 Å². The van der Waals surface area contributed by atoms with Gasteiger partial charge in [0, 0.05) is 0 Å². The second-order valence-electron chi connectivity index (χ2n) is 1.59. The van der Waals surface area contributed by atoms with Gasteiger partial charge in [0.15, 0.2) is 0 Å².